The number of nitrogens with zero attached hydrogens (tertiary/aromatic N) is 1. The van der Waals surface area contributed by atoms with Crippen molar-refractivity contribution in [3.8, 4) is 0 Å². The highest BCUT2D eigenvalue weighted by Gasteiger charge is 2.30. The summed E-state index contributed by atoms with van der Waals surface area (Å²) in [5.74, 6) is 0.122. The first-order valence-corrected chi connectivity index (χ1v) is 6.52. The van der Waals surface area contributed by atoms with E-state index in [0.29, 0.717) is 5.92 Å². The lowest BCUT2D eigenvalue weighted by Gasteiger charge is -2.25. The van der Waals surface area contributed by atoms with Gasteiger partial charge in [0.1, 0.15) is 5.82 Å². The number of aromatic amines is 1. The van der Waals surface area contributed by atoms with Gasteiger partial charge in [0.2, 0.25) is 0 Å². The zero-order chi connectivity index (χ0) is 12.7. The molecule has 0 aliphatic heterocycles. The molecule has 94 valence electrons. The molecule has 3 rings (SSSR count). The lowest BCUT2D eigenvalue weighted by Crippen LogP contribution is -2.14. The van der Waals surface area contributed by atoms with Gasteiger partial charge in [0, 0.05) is 11.3 Å². The van der Waals surface area contributed by atoms with Gasteiger partial charge in [0.25, 0.3) is 0 Å². The van der Waals surface area contributed by atoms with E-state index in [2.05, 4.69) is 10.2 Å². The summed E-state index contributed by atoms with van der Waals surface area (Å²) >= 11 is 6.44. The van der Waals surface area contributed by atoms with Gasteiger partial charge in [0.05, 0.1) is 11.1 Å². The molecule has 0 bridgehead atoms. The number of benzene rings is 1. The Labute approximate surface area is 110 Å². The highest BCUT2D eigenvalue weighted by atomic mass is 35.5. The summed E-state index contributed by atoms with van der Waals surface area (Å²) in [5, 5.41) is 7.30. The minimum Gasteiger partial charge on any atom is -0.282 e. The Morgan fingerprint density at radius 2 is 2.06 bits per heavy atom. The van der Waals surface area contributed by atoms with Gasteiger partial charge in [-0.1, -0.05) is 12.1 Å². The first-order chi connectivity index (χ1) is 8.65. The summed E-state index contributed by atoms with van der Waals surface area (Å²) in [4.78, 5) is 0. The average molecular weight is 265 g/mol. The zero-order valence-corrected chi connectivity index (χ0v) is 10.8. The second-order valence-corrected chi connectivity index (χ2v) is 5.39. The van der Waals surface area contributed by atoms with E-state index in [1.165, 1.54) is 12.1 Å². The quantitative estimate of drug-likeness (QED) is 0.779. The lowest BCUT2D eigenvalue weighted by molar-refractivity contribution is 0.561. The molecule has 0 amide bonds. The normalized spacial score (nSPS) is 22.8. The van der Waals surface area contributed by atoms with Gasteiger partial charge in [0.15, 0.2) is 0 Å². The summed E-state index contributed by atoms with van der Waals surface area (Å²) in [6, 6.07) is 6.69. The monoisotopic (exact) mass is 264 g/mol. The second-order valence-electron chi connectivity index (χ2n) is 4.86. The molecule has 0 saturated carbocycles. The summed E-state index contributed by atoms with van der Waals surface area (Å²) in [6.07, 6.45) is 1.75. The number of nitrogens with one attached hydrogen (secondary N) is 1. The zero-order valence-electron chi connectivity index (χ0n) is 10.1. The molecule has 2 nitrogen and oxygen atoms in total. The van der Waals surface area contributed by atoms with E-state index < -0.39 is 0 Å². The van der Waals surface area contributed by atoms with Crippen molar-refractivity contribution in [3.05, 3.63) is 52.6 Å². The number of aromatic nitrogens is 2. The number of halogens is 2. The third-order valence-corrected chi connectivity index (χ3v) is 4.06. The molecule has 2 aromatic rings. The predicted octanol–water partition coefficient (Wildman–Crippen LogP) is 3.87. The van der Waals surface area contributed by atoms with Crippen LogP contribution in [0, 0.1) is 12.7 Å². The fraction of sp³-hybridized carbons (Fsp3) is 0.357. The fourth-order valence-electron chi connectivity index (χ4n) is 2.73. The van der Waals surface area contributed by atoms with Gasteiger partial charge in [-0.05, 0) is 43.4 Å². The lowest BCUT2D eigenvalue weighted by atomic mass is 9.82. The van der Waals surface area contributed by atoms with Crippen molar-refractivity contribution >= 4 is 11.6 Å². The van der Waals surface area contributed by atoms with Crippen molar-refractivity contribution in [3.63, 3.8) is 0 Å². The van der Waals surface area contributed by atoms with Crippen LogP contribution < -0.4 is 0 Å². The van der Waals surface area contributed by atoms with Crippen molar-refractivity contribution in [2.24, 2.45) is 0 Å². The van der Waals surface area contributed by atoms with Crippen molar-refractivity contribution in [2.45, 2.75) is 31.1 Å². The van der Waals surface area contributed by atoms with E-state index in [0.717, 1.165) is 35.4 Å². The molecule has 1 aliphatic rings. The SMILES string of the molecule is Cc1[nH]nc2c1C(Cl)CC(c1ccc(F)cc1)C2. The Morgan fingerprint density at radius 3 is 2.78 bits per heavy atom. The van der Waals surface area contributed by atoms with Crippen LogP contribution in [-0.4, -0.2) is 10.2 Å². The van der Waals surface area contributed by atoms with Crippen LogP contribution in [0.4, 0.5) is 4.39 Å². The third-order valence-electron chi connectivity index (χ3n) is 3.66. The maximum atomic E-state index is 12.9. The van der Waals surface area contributed by atoms with Crippen LogP contribution in [-0.2, 0) is 6.42 Å². The highest BCUT2D eigenvalue weighted by Crippen LogP contribution is 2.42. The molecular formula is C14H14ClFN2. The Morgan fingerprint density at radius 1 is 1.33 bits per heavy atom. The van der Waals surface area contributed by atoms with Gasteiger partial charge in [-0.2, -0.15) is 5.10 Å². The van der Waals surface area contributed by atoms with Crippen molar-refractivity contribution in [1.82, 2.24) is 10.2 Å². The molecule has 1 aliphatic carbocycles. The van der Waals surface area contributed by atoms with Crippen LogP contribution in [0.1, 0.15) is 40.2 Å². The highest BCUT2D eigenvalue weighted by molar-refractivity contribution is 6.21. The first kappa shape index (κ1) is 11.7. The van der Waals surface area contributed by atoms with Crippen molar-refractivity contribution in [2.75, 3.05) is 0 Å². The van der Waals surface area contributed by atoms with E-state index in [-0.39, 0.29) is 11.2 Å². The van der Waals surface area contributed by atoms with Gasteiger partial charge in [-0.15, -0.1) is 11.6 Å². The molecule has 0 spiro atoms. The van der Waals surface area contributed by atoms with Gasteiger partial charge < -0.3 is 0 Å². The molecule has 0 radical (unpaired) electrons. The Bertz CT molecular complexity index is 562. The maximum absolute atomic E-state index is 12.9. The fourth-order valence-corrected chi connectivity index (χ4v) is 3.24. The van der Waals surface area contributed by atoms with Crippen LogP contribution in [0.2, 0.25) is 0 Å². The van der Waals surface area contributed by atoms with Crippen molar-refractivity contribution in [1.29, 1.82) is 0 Å². The van der Waals surface area contributed by atoms with Crippen molar-refractivity contribution < 1.29 is 4.39 Å². The second kappa shape index (κ2) is 4.39. The number of fused-ring (bicyclic) bond motifs is 1. The number of hydrogen-bond donors (Lipinski definition) is 1. The molecule has 18 heavy (non-hydrogen) atoms. The van der Waals surface area contributed by atoms with Crippen LogP contribution in [0.5, 0.6) is 0 Å². The number of aryl methyl sites for hydroxylation is 1. The largest absolute Gasteiger partial charge is 0.282 e. The number of rotatable bonds is 1. The average Bonchev–Trinajstić information content (AvgIpc) is 2.72. The molecule has 4 heteroatoms. The van der Waals surface area contributed by atoms with E-state index in [9.17, 15) is 4.39 Å². The maximum Gasteiger partial charge on any atom is 0.123 e. The molecule has 2 unspecified atom stereocenters. The van der Waals surface area contributed by atoms with E-state index in [4.69, 9.17) is 11.6 Å². The Balaban J connectivity index is 1.92. The number of hydrogen-bond acceptors (Lipinski definition) is 1. The van der Waals surface area contributed by atoms with Gasteiger partial charge in [-0.3, -0.25) is 5.10 Å². The summed E-state index contributed by atoms with van der Waals surface area (Å²) in [7, 11) is 0. The minimum atomic E-state index is -0.201. The topological polar surface area (TPSA) is 28.7 Å². The summed E-state index contributed by atoms with van der Waals surface area (Å²) in [5.41, 5.74) is 4.39. The molecule has 1 aromatic carbocycles. The summed E-state index contributed by atoms with van der Waals surface area (Å²) in [6.45, 7) is 2.00. The smallest absolute Gasteiger partial charge is 0.123 e. The van der Waals surface area contributed by atoms with Gasteiger partial charge in [-0.25, -0.2) is 4.39 Å². The predicted molar refractivity (Wildman–Crippen MR) is 69.4 cm³/mol. The number of H-pyrrole nitrogens is 1. The molecule has 0 saturated heterocycles. The molecule has 2 atom stereocenters. The van der Waals surface area contributed by atoms with E-state index in [1.54, 1.807) is 0 Å². The molecular weight excluding hydrogens is 251 g/mol. The molecule has 1 heterocycles. The Hall–Kier alpha value is -1.35. The Kier molecular flexibility index (Phi) is 2.86. The van der Waals surface area contributed by atoms with Crippen LogP contribution in [0.15, 0.2) is 24.3 Å². The molecule has 1 aromatic heterocycles. The molecule has 1 N–H and O–H groups in total. The van der Waals surface area contributed by atoms with Crippen LogP contribution >= 0.6 is 11.6 Å². The van der Waals surface area contributed by atoms with E-state index >= 15 is 0 Å². The minimum absolute atomic E-state index is 0.0115. The summed E-state index contributed by atoms with van der Waals surface area (Å²) < 4.78 is 12.9. The third kappa shape index (κ3) is 1.93. The molecule has 0 fully saturated rings. The standard InChI is InChI=1S/C14H14ClFN2/c1-8-14-12(15)6-10(7-13(14)18-17-8)9-2-4-11(16)5-3-9/h2-5,10,12H,6-7H2,1H3,(H,17,18). The van der Waals surface area contributed by atoms with E-state index in [1.807, 2.05) is 19.1 Å². The first-order valence-electron chi connectivity index (χ1n) is 6.08. The number of alkyl halides is 1. The van der Waals surface area contributed by atoms with Crippen LogP contribution in [0.3, 0.4) is 0 Å². The van der Waals surface area contributed by atoms with Crippen LogP contribution in [0.25, 0.3) is 0 Å². The van der Waals surface area contributed by atoms with Gasteiger partial charge >= 0.3 is 0 Å².